The van der Waals surface area contributed by atoms with Crippen molar-refractivity contribution in [2.24, 2.45) is 14.1 Å². The largest absolute Gasteiger partial charge is 0.409 e. The number of hydrogen-bond donors (Lipinski definition) is 0. The maximum absolute atomic E-state index is 4.70. The first-order chi connectivity index (χ1) is 11.2. The van der Waals surface area contributed by atoms with E-state index in [-0.39, 0.29) is 0 Å². The van der Waals surface area contributed by atoms with E-state index in [2.05, 4.69) is 66.0 Å². The zero-order valence-electron chi connectivity index (χ0n) is 13.5. The molecule has 0 unspecified atom stereocenters. The molecule has 2 aliphatic heterocycles. The lowest BCUT2D eigenvalue weighted by molar-refractivity contribution is -0.659. The fourth-order valence-electron chi connectivity index (χ4n) is 4.43. The molecule has 0 saturated carbocycles. The quantitative estimate of drug-likeness (QED) is 0.267. The van der Waals surface area contributed by atoms with E-state index in [4.69, 9.17) is 4.98 Å². The summed E-state index contributed by atoms with van der Waals surface area (Å²) in [5.74, 6) is 0. The number of rotatable bonds is 0. The van der Waals surface area contributed by atoms with Crippen LogP contribution in [-0.2, 0) is 26.9 Å². The standard InChI is InChI=1S/C19H18BN3/c1-22-9-4-7-15-11-13-5-3-6-14-12-16-19(23(2)10-8-21-16)20(17(13)14)18(15)22/h3-10H,11-12H2,1-2H3/q+2. The smallest absolute Gasteiger partial charge is 0.249 e. The van der Waals surface area contributed by atoms with E-state index in [1.165, 1.54) is 39.0 Å². The molecular weight excluding hydrogens is 281 g/mol. The van der Waals surface area contributed by atoms with Crippen molar-refractivity contribution in [1.29, 1.82) is 0 Å². The normalized spacial score (nSPS) is 14.1. The summed E-state index contributed by atoms with van der Waals surface area (Å²) in [7, 11) is 4.31. The molecule has 0 radical (unpaired) electrons. The van der Waals surface area contributed by atoms with Gasteiger partial charge in [0.1, 0.15) is 19.8 Å². The Kier molecular flexibility index (Phi) is 2.55. The molecule has 0 spiro atoms. The highest BCUT2D eigenvalue weighted by Crippen LogP contribution is 2.19. The summed E-state index contributed by atoms with van der Waals surface area (Å²) in [4.78, 5) is 4.70. The van der Waals surface area contributed by atoms with E-state index in [1.807, 2.05) is 6.20 Å². The Morgan fingerprint density at radius 1 is 0.870 bits per heavy atom. The molecule has 4 heteroatoms. The zero-order chi connectivity index (χ0) is 15.6. The van der Waals surface area contributed by atoms with Gasteiger partial charge < -0.3 is 0 Å². The van der Waals surface area contributed by atoms with Gasteiger partial charge in [-0.05, 0) is 22.7 Å². The molecule has 1 aromatic carbocycles. The SMILES string of the molecule is C[n+]1cccc2c1B1c3c(cccc3Cc3ncc[n+](C)c31)C2. The van der Waals surface area contributed by atoms with Gasteiger partial charge in [-0.25, -0.2) is 14.1 Å². The van der Waals surface area contributed by atoms with Gasteiger partial charge in [0.2, 0.25) is 0 Å². The van der Waals surface area contributed by atoms with E-state index in [0.717, 1.165) is 12.8 Å². The summed E-state index contributed by atoms with van der Waals surface area (Å²) in [6.07, 6.45) is 8.13. The Labute approximate surface area is 136 Å². The Bertz CT molecular complexity index is 858. The predicted molar refractivity (Wildman–Crippen MR) is 89.7 cm³/mol. The van der Waals surface area contributed by atoms with Crippen molar-refractivity contribution in [3.05, 3.63) is 71.3 Å². The molecule has 2 aromatic heterocycles. The Morgan fingerprint density at radius 2 is 1.61 bits per heavy atom. The van der Waals surface area contributed by atoms with Gasteiger partial charge in [0.05, 0.1) is 6.20 Å². The minimum absolute atomic E-state index is 0.290. The molecule has 5 rings (SSSR count). The number of pyridine rings is 1. The van der Waals surface area contributed by atoms with Crippen molar-refractivity contribution in [3.63, 3.8) is 0 Å². The van der Waals surface area contributed by atoms with Crippen LogP contribution >= 0.6 is 0 Å². The molecule has 0 aliphatic carbocycles. The van der Waals surface area contributed by atoms with Crippen molar-refractivity contribution in [2.45, 2.75) is 12.8 Å². The van der Waals surface area contributed by atoms with E-state index in [0.29, 0.717) is 6.71 Å². The highest BCUT2D eigenvalue weighted by molar-refractivity contribution is 6.95. The number of benzene rings is 1. The van der Waals surface area contributed by atoms with Crippen LogP contribution in [0.25, 0.3) is 0 Å². The highest BCUT2D eigenvalue weighted by atomic mass is 15.0. The lowest BCUT2D eigenvalue weighted by Gasteiger charge is -2.28. The van der Waals surface area contributed by atoms with E-state index in [1.54, 1.807) is 0 Å². The third-order valence-corrected chi connectivity index (χ3v) is 5.37. The Morgan fingerprint density at radius 3 is 2.48 bits per heavy atom. The summed E-state index contributed by atoms with van der Waals surface area (Å²) >= 11 is 0. The Balaban J connectivity index is 1.91. The fourth-order valence-corrected chi connectivity index (χ4v) is 4.43. The molecular formula is C19H18BN3+2. The third kappa shape index (κ3) is 1.69. The fraction of sp³-hybridized carbons (Fsp3) is 0.211. The second-order valence-electron chi connectivity index (χ2n) is 6.68. The number of hydrogen-bond acceptors (Lipinski definition) is 1. The molecule has 23 heavy (non-hydrogen) atoms. The van der Waals surface area contributed by atoms with Crippen LogP contribution in [0, 0.1) is 0 Å². The molecule has 3 aromatic rings. The second kappa shape index (κ2) is 4.51. The molecule has 0 N–H and O–H groups in total. The van der Waals surface area contributed by atoms with E-state index >= 15 is 0 Å². The van der Waals surface area contributed by atoms with Gasteiger partial charge in [-0.3, -0.25) is 0 Å². The molecule has 110 valence electrons. The first-order valence-electron chi connectivity index (χ1n) is 8.15. The molecule has 0 saturated heterocycles. The average molecular weight is 299 g/mol. The van der Waals surface area contributed by atoms with Gasteiger partial charge in [-0.15, -0.1) is 0 Å². The van der Waals surface area contributed by atoms with Crippen LogP contribution in [0.5, 0.6) is 0 Å². The lowest BCUT2D eigenvalue weighted by Crippen LogP contribution is -2.75. The van der Waals surface area contributed by atoms with Crippen molar-refractivity contribution in [3.8, 4) is 0 Å². The maximum Gasteiger partial charge on any atom is 0.409 e. The topological polar surface area (TPSA) is 20.6 Å². The second-order valence-corrected chi connectivity index (χ2v) is 6.68. The van der Waals surface area contributed by atoms with Gasteiger partial charge in [-0.1, -0.05) is 18.2 Å². The molecule has 2 aliphatic rings. The van der Waals surface area contributed by atoms with Crippen molar-refractivity contribution < 1.29 is 9.13 Å². The first-order valence-corrected chi connectivity index (χ1v) is 8.15. The van der Waals surface area contributed by atoms with Crippen LogP contribution in [0.1, 0.15) is 22.4 Å². The zero-order valence-corrected chi connectivity index (χ0v) is 13.5. The number of aromatic nitrogens is 3. The van der Waals surface area contributed by atoms with Crippen LogP contribution in [-0.4, -0.2) is 11.7 Å². The average Bonchev–Trinajstić information content (AvgIpc) is 2.55. The van der Waals surface area contributed by atoms with E-state index in [9.17, 15) is 0 Å². The minimum Gasteiger partial charge on any atom is -0.249 e. The molecule has 0 amide bonds. The monoisotopic (exact) mass is 299 g/mol. The van der Waals surface area contributed by atoms with Gasteiger partial charge in [0, 0.05) is 24.5 Å². The van der Waals surface area contributed by atoms with Gasteiger partial charge >= 0.3 is 6.71 Å². The minimum atomic E-state index is 0.290. The number of fused-ring (bicyclic) bond motifs is 4. The summed E-state index contributed by atoms with van der Waals surface area (Å²) in [6, 6.07) is 11.2. The van der Waals surface area contributed by atoms with Gasteiger partial charge in [-0.2, -0.15) is 0 Å². The highest BCUT2D eigenvalue weighted by Gasteiger charge is 2.48. The van der Waals surface area contributed by atoms with Gasteiger partial charge in [0.25, 0.3) is 0 Å². The molecule has 0 fully saturated rings. The third-order valence-electron chi connectivity index (χ3n) is 5.37. The summed E-state index contributed by atoms with van der Waals surface area (Å²) < 4.78 is 4.55. The van der Waals surface area contributed by atoms with Crippen LogP contribution < -0.4 is 25.8 Å². The number of aryl methyl sites for hydroxylation is 2. The summed E-state index contributed by atoms with van der Waals surface area (Å²) in [6.45, 7) is 0.290. The first kappa shape index (κ1) is 13.0. The predicted octanol–water partition coefficient (Wildman–Crippen LogP) is -0.945. The lowest BCUT2D eigenvalue weighted by atomic mass is 9.33. The van der Waals surface area contributed by atoms with Crippen molar-refractivity contribution >= 4 is 23.4 Å². The Hall–Kier alpha value is -2.49. The molecule has 0 bridgehead atoms. The molecule has 0 atom stereocenters. The van der Waals surface area contributed by atoms with Crippen LogP contribution in [0.15, 0.2) is 48.9 Å². The number of nitrogens with zero attached hydrogens (tertiary/aromatic N) is 3. The molecule has 3 nitrogen and oxygen atoms in total. The van der Waals surface area contributed by atoms with Crippen LogP contribution in [0.4, 0.5) is 0 Å². The summed E-state index contributed by atoms with van der Waals surface area (Å²) in [5, 5.41) is 0. The van der Waals surface area contributed by atoms with Crippen LogP contribution in [0.3, 0.4) is 0 Å². The van der Waals surface area contributed by atoms with Crippen molar-refractivity contribution in [2.75, 3.05) is 0 Å². The summed E-state index contributed by atoms with van der Waals surface area (Å²) in [5.41, 5.74) is 9.82. The van der Waals surface area contributed by atoms with E-state index < -0.39 is 0 Å². The van der Waals surface area contributed by atoms with Crippen LogP contribution in [0.2, 0.25) is 0 Å². The van der Waals surface area contributed by atoms with Gasteiger partial charge in [0.15, 0.2) is 23.6 Å². The van der Waals surface area contributed by atoms with Crippen molar-refractivity contribution in [1.82, 2.24) is 4.98 Å². The maximum atomic E-state index is 4.70. The molecule has 4 heterocycles.